The van der Waals surface area contributed by atoms with Gasteiger partial charge in [0.2, 0.25) is 5.91 Å². The molecule has 1 aliphatic rings. The lowest BCUT2D eigenvalue weighted by molar-refractivity contribution is -0.131. The summed E-state index contributed by atoms with van der Waals surface area (Å²) < 4.78 is 0.841. The fourth-order valence-corrected chi connectivity index (χ4v) is 4.10. The van der Waals surface area contributed by atoms with Gasteiger partial charge in [0.25, 0.3) is 5.91 Å². The predicted octanol–water partition coefficient (Wildman–Crippen LogP) is 3.60. The molecule has 1 aliphatic heterocycles. The average Bonchev–Trinajstić information content (AvgIpc) is 3.22. The van der Waals surface area contributed by atoms with Crippen LogP contribution < -0.4 is 5.32 Å². The summed E-state index contributed by atoms with van der Waals surface area (Å²) in [5.74, 6) is -0.254. The van der Waals surface area contributed by atoms with Crippen molar-refractivity contribution in [3.63, 3.8) is 0 Å². The van der Waals surface area contributed by atoms with E-state index in [1.54, 1.807) is 29.5 Å². The Labute approximate surface area is 147 Å². The normalized spacial score (nSPS) is 17.3. The molecule has 2 amide bonds. The number of amides is 2. The highest BCUT2D eigenvalue weighted by molar-refractivity contribution is 9.10. The van der Waals surface area contributed by atoms with Gasteiger partial charge in [-0.2, -0.15) is 0 Å². The average molecular weight is 393 g/mol. The Morgan fingerprint density at radius 2 is 2.17 bits per heavy atom. The van der Waals surface area contributed by atoms with Crippen LogP contribution >= 0.6 is 27.3 Å². The van der Waals surface area contributed by atoms with E-state index in [-0.39, 0.29) is 24.4 Å². The minimum absolute atomic E-state index is 0.0238. The highest BCUT2D eigenvalue weighted by Crippen LogP contribution is 2.34. The molecule has 1 aromatic heterocycles. The van der Waals surface area contributed by atoms with Crippen LogP contribution in [0.5, 0.6) is 0 Å². The Hall–Kier alpha value is -1.66. The van der Waals surface area contributed by atoms with E-state index in [1.165, 1.54) is 4.88 Å². The van der Waals surface area contributed by atoms with Gasteiger partial charge >= 0.3 is 0 Å². The van der Waals surface area contributed by atoms with Crippen LogP contribution in [-0.2, 0) is 4.79 Å². The van der Waals surface area contributed by atoms with Crippen LogP contribution in [0, 0.1) is 0 Å². The summed E-state index contributed by atoms with van der Waals surface area (Å²) in [6, 6.07) is 11.4. The molecule has 0 radical (unpaired) electrons. The number of carbonyl (C=O) groups is 2. The van der Waals surface area contributed by atoms with Crippen molar-refractivity contribution in [3.8, 4) is 0 Å². The molecule has 23 heavy (non-hydrogen) atoms. The predicted molar refractivity (Wildman–Crippen MR) is 94.5 cm³/mol. The number of hydrogen-bond acceptors (Lipinski definition) is 3. The summed E-state index contributed by atoms with van der Waals surface area (Å²) in [6.45, 7) is 0.793. The zero-order valence-electron chi connectivity index (χ0n) is 12.5. The smallest absolute Gasteiger partial charge is 0.251 e. The lowest BCUT2D eigenvalue weighted by Gasteiger charge is -2.24. The van der Waals surface area contributed by atoms with Crippen molar-refractivity contribution in [3.05, 3.63) is 56.7 Å². The molecule has 1 atom stereocenters. The molecule has 1 saturated heterocycles. The van der Waals surface area contributed by atoms with Crippen molar-refractivity contribution >= 4 is 39.1 Å². The van der Waals surface area contributed by atoms with Crippen LogP contribution in [0.1, 0.15) is 34.1 Å². The fraction of sp³-hybridized carbons (Fsp3) is 0.294. The summed E-state index contributed by atoms with van der Waals surface area (Å²) in [5.41, 5.74) is 0.545. The first-order chi connectivity index (χ1) is 11.1. The van der Waals surface area contributed by atoms with Gasteiger partial charge in [0, 0.05) is 21.5 Å². The number of hydrogen-bond donors (Lipinski definition) is 1. The molecule has 0 spiro atoms. The zero-order valence-corrected chi connectivity index (χ0v) is 14.9. The summed E-state index contributed by atoms with van der Waals surface area (Å²) in [6.07, 6.45) is 2.00. The van der Waals surface area contributed by atoms with Gasteiger partial charge in [-0.05, 0) is 42.5 Å². The molecule has 120 valence electrons. The Morgan fingerprint density at radius 1 is 1.30 bits per heavy atom. The van der Waals surface area contributed by atoms with Gasteiger partial charge in [-0.1, -0.05) is 28.1 Å². The number of rotatable bonds is 4. The van der Waals surface area contributed by atoms with Crippen molar-refractivity contribution in [1.82, 2.24) is 10.2 Å². The first-order valence-electron chi connectivity index (χ1n) is 7.52. The zero-order chi connectivity index (χ0) is 16.2. The van der Waals surface area contributed by atoms with Crippen LogP contribution in [0.4, 0.5) is 0 Å². The van der Waals surface area contributed by atoms with Crippen molar-refractivity contribution in [1.29, 1.82) is 0 Å². The first-order valence-corrected chi connectivity index (χ1v) is 9.19. The van der Waals surface area contributed by atoms with Gasteiger partial charge in [0.15, 0.2) is 0 Å². The number of nitrogens with zero attached hydrogens (tertiary/aromatic N) is 1. The first kappa shape index (κ1) is 16.2. The number of carbonyl (C=O) groups excluding carboxylic acids is 2. The van der Waals surface area contributed by atoms with Crippen molar-refractivity contribution in [2.45, 2.75) is 18.9 Å². The van der Waals surface area contributed by atoms with Crippen LogP contribution in [0.25, 0.3) is 0 Å². The summed E-state index contributed by atoms with van der Waals surface area (Å²) in [7, 11) is 0. The molecule has 0 aliphatic carbocycles. The second kappa shape index (κ2) is 7.27. The number of likely N-dealkylation sites (tertiary alicyclic amines) is 1. The monoisotopic (exact) mass is 392 g/mol. The maximum atomic E-state index is 12.5. The second-order valence-corrected chi connectivity index (χ2v) is 7.35. The van der Waals surface area contributed by atoms with E-state index in [0.29, 0.717) is 5.56 Å². The summed E-state index contributed by atoms with van der Waals surface area (Å²) >= 11 is 5.02. The Kier molecular flexibility index (Phi) is 5.13. The van der Waals surface area contributed by atoms with E-state index in [0.717, 1.165) is 23.9 Å². The number of benzene rings is 1. The molecule has 1 N–H and O–H groups in total. The fourth-order valence-electron chi connectivity index (χ4n) is 2.83. The number of halogens is 1. The maximum Gasteiger partial charge on any atom is 0.251 e. The topological polar surface area (TPSA) is 49.4 Å². The second-order valence-electron chi connectivity index (χ2n) is 5.45. The van der Waals surface area contributed by atoms with Crippen molar-refractivity contribution < 1.29 is 9.59 Å². The molecule has 0 unspecified atom stereocenters. The van der Waals surface area contributed by atoms with Crippen molar-refractivity contribution in [2.24, 2.45) is 0 Å². The molecule has 1 aromatic carbocycles. The standard InChI is InChI=1S/C17H17BrN2O2S/c18-13-5-1-4-12(10-13)17(22)19-11-16(21)20-8-2-6-14(20)15-7-3-9-23-15/h1,3-5,7,9-10,14H,2,6,8,11H2,(H,19,22)/t14-/m0/s1. The van der Waals surface area contributed by atoms with Gasteiger partial charge in [-0.15, -0.1) is 11.3 Å². The molecule has 6 heteroatoms. The SMILES string of the molecule is O=C(NCC(=O)N1CCC[C@H]1c1cccs1)c1cccc(Br)c1. The van der Waals surface area contributed by atoms with Gasteiger partial charge in [-0.25, -0.2) is 0 Å². The molecule has 1 fully saturated rings. The molecule has 2 aromatic rings. The van der Waals surface area contributed by atoms with E-state index in [2.05, 4.69) is 27.3 Å². The third-order valence-corrected chi connectivity index (χ3v) is 5.40. The van der Waals surface area contributed by atoms with E-state index in [1.807, 2.05) is 22.4 Å². The lowest BCUT2D eigenvalue weighted by Crippen LogP contribution is -2.39. The minimum atomic E-state index is -0.230. The Balaban J connectivity index is 1.60. The third kappa shape index (κ3) is 3.82. The minimum Gasteiger partial charge on any atom is -0.343 e. The van der Waals surface area contributed by atoms with E-state index in [9.17, 15) is 9.59 Å². The molecular weight excluding hydrogens is 376 g/mol. The quantitative estimate of drug-likeness (QED) is 0.863. The van der Waals surface area contributed by atoms with Crippen LogP contribution in [-0.4, -0.2) is 29.8 Å². The Bertz CT molecular complexity index is 702. The summed E-state index contributed by atoms with van der Waals surface area (Å²) in [5, 5.41) is 4.75. The Morgan fingerprint density at radius 3 is 2.91 bits per heavy atom. The number of nitrogens with one attached hydrogen (secondary N) is 1. The van der Waals surface area contributed by atoms with Crippen LogP contribution in [0.3, 0.4) is 0 Å². The lowest BCUT2D eigenvalue weighted by atomic mass is 10.2. The van der Waals surface area contributed by atoms with Crippen molar-refractivity contribution in [2.75, 3.05) is 13.1 Å². The highest BCUT2D eigenvalue weighted by atomic mass is 79.9. The molecule has 2 heterocycles. The van der Waals surface area contributed by atoms with E-state index in [4.69, 9.17) is 0 Å². The maximum absolute atomic E-state index is 12.5. The van der Waals surface area contributed by atoms with Gasteiger partial charge < -0.3 is 10.2 Å². The van der Waals surface area contributed by atoms with Gasteiger partial charge in [0.05, 0.1) is 12.6 Å². The largest absolute Gasteiger partial charge is 0.343 e. The van der Waals surface area contributed by atoms with Crippen LogP contribution in [0.15, 0.2) is 46.3 Å². The molecule has 0 bridgehead atoms. The van der Waals surface area contributed by atoms with Gasteiger partial charge in [0.1, 0.15) is 0 Å². The molecular formula is C17H17BrN2O2S. The van der Waals surface area contributed by atoms with Crippen LogP contribution in [0.2, 0.25) is 0 Å². The molecule has 4 nitrogen and oxygen atoms in total. The molecule has 3 rings (SSSR count). The summed E-state index contributed by atoms with van der Waals surface area (Å²) in [4.78, 5) is 27.7. The third-order valence-electron chi connectivity index (χ3n) is 3.93. The van der Waals surface area contributed by atoms with Gasteiger partial charge in [-0.3, -0.25) is 9.59 Å². The highest BCUT2D eigenvalue weighted by Gasteiger charge is 2.30. The van der Waals surface area contributed by atoms with E-state index < -0.39 is 0 Å². The molecule has 0 saturated carbocycles. The number of thiophene rings is 1. The van der Waals surface area contributed by atoms with E-state index >= 15 is 0 Å².